The lowest BCUT2D eigenvalue weighted by Crippen LogP contribution is -2.56. The molecule has 3 aromatic rings. The van der Waals surface area contributed by atoms with Gasteiger partial charge in [-0.1, -0.05) is 50.6 Å². The summed E-state index contributed by atoms with van der Waals surface area (Å²) >= 11 is 0. The first-order valence-electron chi connectivity index (χ1n) is 11.6. The average molecular weight is 481 g/mol. The fourth-order valence-electron chi connectivity index (χ4n) is 3.92. The molecule has 0 spiro atoms. The van der Waals surface area contributed by atoms with Crippen LogP contribution >= 0.6 is 0 Å². The van der Waals surface area contributed by atoms with E-state index in [9.17, 15) is 24.6 Å². The standard InChI is InChI=1S/C26H32N4O5/c1-3-15(2)23(26(34)35)30-25(33)22(12-16-8-10-18(31)11-9-16)29-24(32)20(27)13-17-14-28-21-7-5-4-6-19(17)21/h4-11,14-15,20,22-23,28,31H,3,12-13,27H2,1-2H3,(H,29,32)(H,30,33)(H,34,35)/t15-,20-,22-,23-/m0/s1. The minimum absolute atomic E-state index is 0.0715. The molecule has 0 fully saturated rings. The van der Waals surface area contributed by atoms with Crippen LogP contribution in [0, 0.1) is 5.92 Å². The summed E-state index contributed by atoms with van der Waals surface area (Å²) < 4.78 is 0. The van der Waals surface area contributed by atoms with Crippen LogP contribution in [0.2, 0.25) is 0 Å². The molecular formula is C26H32N4O5. The topological polar surface area (TPSA) is 158 Å². The maximum atomic E-state index is 13.1. The van der Waals surface area contributed by atoms with Gasteiger partial charge in [0.05, 0.1) is 6.04 Å². The van der Waals surface area contributed by atoms with Gasteiger partial charge in [0.2, 0.25) is 11.8 Å². The van der Waals surface area contributed by atoms with Crippen molar-refractivity contribution < 1.29 is 24.6 Å². The molecule has 9 nitrogen and oxygen atoms in total. The molecule has 7 N–H and O–H groups in total. The lowest BCUT2D eigenvalue weighted by molar-refractivity contribution is -0.143. The van der Waals surface area contributed by atoms with Crippen LogP contribution in [0.25, 0.3) is 10.9 Å². The molecule has 2 aromatic carbocycles. The highest BCUT2D eigenvalue weighted by molar-refractivity contribution is 5.92. The highest BCUT2D eigenvalue weighted by atomic mass is 16.4. The smallest absolute Gasteiger partial charge is 0.326 e. The van der Waals surface area contributed by atoms with Crippen LogP contribution in [0.5, 0.6) is 5.75 Å². The van der Waals surface area contributed by atoms with E-state index >= 15 is 0 Å². The van der Waals surface area contributed by atoms with E-state index in [1.165, 1.54) is 12.1 Å². The molecule has 0 aliphatic carbocycles. The van der Waals surface area contributed by atoms with E-state index in [0.717, 1.165) is 16.5 Å². The van der Waals surface area contributed by atoms with Crippen LogP contribution in [0.15, 0.2) is 54.7 Å². The number of amides is 2. The highest BCUT2D eigenvalue weighted by Crippen LogP contribution is 2.19. The van der Waals surface area contributed by atoms with Crippen molar-refractivity contribution in [2.45, 2.75) is 51.2 Å². The summed E-state index contributed by atoms with van der Waals surface area (Å²) in [6.45, 7) is 3.58. The normalized spacial score (nSPS) is 14.6. The number of aromatic amines is 1. The molecule has 0 saturated heterocycles. The summed E-state index contributed by atoms with van der Waals surface area (Å²) in [6.07, 6.45) is 2.72. The largest absolute Gasteiger partial charge is 0.508 e. The number of para-hydroxylation sites is 1. The molecule has 0 unspecified atom stereocenters. The lowest BCUT2D eigenvalue weighted by atomic mass is 9.98. The summed E-state index contributed by atoms with van der Waals surface area (Å²) in [5, 5.41) is 25.4. The predicted octanol–water partition coefficient (Wildman–Crippen LogP) is 2.09. The molecule has 35 heavy (non-hydrogen) atoms. The molecule has 9 heteroatoms. The zero-order chi connectivity index (χ0) is 25.5. The maximum Gasteiger partial charge on any atom is 0.326 e. The first kappa shape index (κ1) is 25.8. The van der Waals surface area contributed by atoms with Gasteiger partial charge in [-0.05, 0) is 41.7 Å². The van der Waals surface area contributed by atoms with Gasteiger partial charge in [-0.2, -0.15) is 0 Å². The Labute approximate surface area is 203 Å². The van der Waals surface area contributed by atoms with Gasteiger partial charge < -0.3 is 31.6 Å². The minimum atomic E-state index is -1.14. The first-order valence-corrected chi connectivity index (χ1v) is 11.6. The number of aromatic hydroxyl groups is 1. The lowest BCUT2D eigenvalue weighted by Gasteiger charge is -2.25. The number of fused-ring (bicyclic) bond motifs is 1. The van der Waals surface area contributed by atoms with E-state index in [-0.39, 0.29) is 24.5 Å². The number of aliphatic carboxylic acids is 1. The number of aromatic nitrogens is 1. The number of nitrogens with one attached hydrogen (secondary N) is 3. The van der Waals surface area contributed by atoms with Gasteiger partial charge in [-0.3, -0.25) is 9.59 Å². The second-order valence-electron chi connectivity index (χ2n) is 8.81. The Bertz CT molecular complexity index is 1170. The zero-order valence-electron chi connectivity index (χ0n) is 19.8. The van der Waals surface area contributed by atoms with Gasteiger partial charge in [0, 0.05) is 23.5 Å². The number of carboxylic acids is 1. The molecule has 0 aliphatic heterocycles. The van der Waals surface area contributed by atoms with Crippen molar-refractivity contribution in [3.8, 4) is 5.75 Å². The first-order chi connectivity index (χ1) is 16.7. The highest BCUT2D eigenvalue weighted by Gasteiger charge is 2.30. The number of rotatable bonds is 11. The molecule has 0 radical (unpaired) electrons. The Hall–Kier alpha value is -3.85. The number of phenols is 1. The van der Waals surface area contributed by atoms with Gasteiger partial charge in [-0.25, -0.2) is 4.79 Å². The number of carboxylic acid groups (broad SMARTS) is 1. The van der Waals surface area contributed by atoms with Crippen molar-refractivity contribution in [1.29, 1.82) is 0 Å². The van der Waals surface area contributed by atoms with Crippen LogP contribution in [-0.4, -0.2) is 51.1 Å². The van der Waals surface area contributed by atoms with Crippen LogP contribution in [0.3, 0.4) is 0 Å². The number of nitrogens with two attached hydrogens (primary N) is 1. The van der Waals surface area contributed by atoms with Gasteiger partial charge >= 0.3 is 5.97 Å². The van der Waals surface area contributed by atoms with Crippen LogP contribution in [0.4, 0.5) is 0 Å². The van der Waals surface area contributed by atoms with Crippen molar-refractivity contribution in [1.82, 2.24) is 15.6 Å². The number of benzene rings is 2. The van der Waals surface area contributed by atoms with Gasteiger partial charge in [0.15, 0.2) is 0 Å². The van der Waals surface area contributed by atoms with E-state index in [1.54, 1.807) is 19.1 Å². The summed E-state index contributed by atoms with van der Waals surface area (Å²) in [7, 11) is 0. The Morgan fingerprint density at radius 3 is 2.34 bits per heavy atom. The fraction of sp³-hybridized carbons (Fsp3) is 0.346. The van der Waals surface area contributed by atoms with Gasteiger partial charge in [-0.15, -0.1) is 0 Å². The minimum Gasteiger partial charge on any atom is -0.508 e. The quantitative estimate of drug-likeness (QED) is 0.247. The number of hydrogen-bond donors (Lipinski definition) is 6. The number of carbonyl (C=O) groups is 3. The Balaban J connectivity index is 1.76. The monoisotopic (exact) mass is 480 g/mol. The van der Waals surface area contributed by atoms with Crippen molar-refractivity contribution in [2.24, 2.45) is 11.7 Å². The molecular weight excluding hydrogens is 448 g/mol. The molecule has 1 aromatic heterocycles. The number of phenolic OH excluding ortho intramolecular Hbond substituents is 1. The van der Waals surface area contributed by atoms with Crippen LogP contribution < -0.4 is 16.4 Å². The van der Waals surface area contributed by atoms with E-state index in [0.29, 0.717) is 12.0 Å². The van der Waals surface area contributed by atoms with E-state index < -0.39 is 35.9 Å². The van der Waals surface area contributed by atoms with Crippen molar-refractivity contribution in [2.75, 3.05) is 0 Å². The second kappa shape index (κ2) is 11.5. The molecule has 0 bridgehead atoms. The second-order valence-corrected chi connectivity index (χ2v) is 8.81. The Kier molecular flexibility index (Phi) is 8.48. The summed E-state index contributed by atoms with van der Waals surface area (Å²) in [5.41, 5.74) is 8.69. The summed E-state index contributed by atoms with van der Waals surface area (Å²) in [6, 6.07) is 10.8. The third kappa shape index (κ3) is 6.60. The molecule has 186 valence electrons. The van der Waals surface area contributed by atoms with Crippen molar-refractivity contribution >= 4 is 28.7 Å². The predicted molar refractivity (Wildman–Crippen MR) is 133 cm³/mol. The number of H-pyrrole nitrogens is 1. The Morgan fingerprint density at radius 2 is 1.69 bits per heavy atom. The summed E-state index contributed by atoms with van der Waals surface area (Å²) in [4.78, 5) is 41.0. The average Bonchev–Trinajstić information content (AvgIpc) is 3.25. The molecule has 4 atom stereocenters. The van der Waals surface area contributed by atoms with E-state index in [4.69, 9.17) is 5.73 Å². The van der Waals surface area contributed by atoms with Crippen molar-refractivity contribution in [3.05, 3.63) is 65.9 Å². The molecule has 2 amide bonds. The summed E-state index contributed by atoms with van der Waals surface area (Å²) in [5.74, 6) is -2.51. The van der Waals surface area contributed by atoms with Crippen LogP contribution in [0.1, 0.15) is 31.4 Å². The molecule has 3 rings (SSSR count). The van der Waals surface area contributed by atoms with E-state index in [1.807, 2.05) is 37.4 Å². The molecule has 1 heterocycles. The Morgan fingerprint density at radius 1 is 1.00 bits per heavy atom. The number of hydrogen-bond acceptors (Lipinski definition) is 5. The van der Waals surface area contributed by atoms with Crippen molar-refractivity contribution in [3.63, 3.8) is 0 Å². The van der Waals surface area contributed by atoms with Crippen LogP contribution in [-0.2, 0) is 27.2 Å². The van der Waals surface area contributed by atoms with Gasteiger partial charge in [0.1, 0.15) is 17.8 Å². The van der Waals surface area contributed by atoms with E-state index in [2.05, 4.69) is 15.6 Å². The van der Waals surface area contributed by atoms with Gasteiger partial charge in [0.25, 0.3) is 0 Å². The maximum absolute atomic E-state index is 13.1. The SMILES string of the molecule is CC[C@H](C)[C@H](NC(=O)[C@H](Cc1ccc(O)cc1)NC(=O)[C@@H](N)Cc1c[nH]c2ccccc12)C(=O)O. The molecule has 0 aliphatic rings. The zero-order valence-corrected chi connectivity index (χ0v) is 19.8. The fourth-order valence-corrected chi connectivity index (χ4v) is 3.92. The third-order valence-corrected chi connectivity index (χ3v) is 6.24. The molecule has 0 saturated carbocycles. The third-order valence-electron chi connectivity index (χ3n) is 6.24. The number of carbonyl (C=O) groups excluding carboxylic acids is 2.